The number of rotatable bonds is 7. The Kier molecular flexibility index (Phi) is 6.87. The minimum Gasteiger partial charge on any atom is -0.379 e. The highest BCUT2D eigenvalue weighted by molar-refractivity contribution is 7.89. The summed E-state index contributed by atoms with van der Waals surface area (Å²) in [6, 6.07) is 9.73. The number of morpholine rings is 1. The number of hydrogen-bond acceptors (Lipinski definition) is 6. The van der Waals surface area contributed by atoms with Crippen molar-refractivity contribution in [2.24, 2.45) is 0 Å². The van der Waals surface area contributed by atoms with Gasteiger partial charge in [-0.25, -0.2) is 13.1 Å². The van der Waals surface area contributed by atoms with Gasteiger partial charge in [-0.3, -0.25) is 15.0 Å². The van der Waals surface area contributed by atoms with E-state index in [0.29, 0.717) is 30.9 Å². The van der Waals surface area contributed by atoms with Gasteiger partial charge in [-0.05, 0) is 37.5 Å². The quantitative estimate of drug-likeness (QED) is 0.532. The molecule has 1 N–H and O–H groups in total. The number of sulfonamides is 1. The van der Waals surface area contributed by atoms with E-state index in [9.17, 15) is 18.5 Å². The van der Waals surface area contributed by atoms with Crippen LogP contribution in [0, 0.1) is 30.9 Å². The van der Waals surface area contributed by atoms with Crippen LogP contribution < -0.4 is 4.72 Å². The van der Waals surface area contributed by atoms with Crippen molar-refractivity contribution in [2.45, 2.75) is 31.7 Å². The maximum atomic E-state index is 13.3. The topological polar surface area (TPSA) is 102 Å². The number of ether oxygens (including phenoxy) is 1. The Morgan fingerprint density at radius 2 is 1.77 bits per heavy atom. The summed E-state index contributed by atoms with van der Waals surface area (Å²) in [5, 5.41) is 11.3. The number of nitrogens with one attached hydrogen (secondary N) is 1. The predicted molar refractivity (Wildman–Crippen MR) is 114 cm³/mol. The van der Waals surface area contributed by atoms with Gasteiger partial charge in [0.05, 0.1) is 29.1 Å². The van der Waals surface area contributed by atoms with Gasteiger partial charge in [0.1, 0.15) is 0 Å². The summed E-state index contributed by atoms with van der Waals surface area (Å²) < 4.78 is 34.8. The van der Waals surface area contributed by atoms with Gasteiger partial charge in [-0.2, -0.15) is 0 Å². The van der Waals surface area contributed by atoms with E-state index in [4.69, 9.17) is 4.74 Å². The summed E-state index contributed by atoms with van der Waals surface area (Å²) in [6.07, 6.45) is 0. The van der Waals surface area contributed by atoms with Gasteiger partial charge < -0.3 is 4.74 Å². The highest BCUT2D eigenvalue weighted by Crippen LogP contribution is 2.27. The molecule has 30 heavy (non-hydrogen) atoms. The molecule has 9 heteroatoms. The Labute approximate surface area is 177 Å². The van der Waals surface area contributed by atoms with Crippen LogP contribution in [-0.4, -0.2) is 51.1 Å². The third kappa shape index (κ3) is 5.23. The van der Waals surface area contributed by atoms with E-state index < -0.39 is 21.0 Å². The molecule has 0 spiro atoms. The molecule has 1 atom stereocenters. The number of nitro benzene ring substituents is 1. The van der Waals surface area contributed by atoms with Crippen LogP contribution in [0.15, 0.2) is 41.3 Å². The lowest BCUT2D eigenvalue weighted by atomic mass is 10.1. The molecule has 0 aromatic heterocycles. The lowest BCUT2D eigenvalue weighted by Gasteiger charge is -2.31. The summed E-state index contributed by atoms with van der Waals surface area (Å²) in [6.45, 7) is 8.45. The fourth-order valence-electron chi connectivity index (χ4n) is 3.50. The van der Waals surface area contributed by atoms with E-state index in [1.807, 2.05) is 31.2 Å². The summed E-state index contributed by atoms with van der Waals surface area (Å²) in [4.78, 5) is 12.8. The zero-order valence-corrected chi connectivity index (χ0v) is 18.2. The predicted octanol–water partition coefficient (Wildman–Crippen LogP) is 2.87. The molecule has 1 heterocycles. The van der Waals surface area contributed by atoms with Crippen molar-refractivity contribution in [1.82, 2.24) is 9.62 Å². The Hall–Kier alpha value is -2.33. The third-order valence-electron chi connectivity index (χ3n) is 5.43. The molecule has 0 radical (unpaired) electrons. The molecule has 1 saturated heterocycles. The second-order valence-electron chi connectivity index (χ2n) is 7.64. The highest BCUT2D eigenvalue weighted by Gasteiger charge is 2.27. The van der Waals surface area contributed by atoms with E-state index in [-0.39, 0.29) is 10.6 Å². The van der Waals surface area contributed by atoms with E-state index in [2.05, 4.69) is 9.62 Å². The van der Waals surface area contributed by atoms with Gasteiger partial charge in [0.25, 0.3) is 5.69 Å². The van der Waals surface area contributed by atoms with Crippen molar-refractivity contribution < 1.29 is 18.1 Å². The molecule has 8 nitrogen and oxygen atoms in total. The van der Waals surface area contributed by atoms with Crippen molar-refractivity contribution >= 4 is 15.7 Å². The second kappa shape index (κ2) is 9.22. The molecule has 162 valence electrons. The van der Waals surface area contributed by atoms with Crippen LogP contribution >= 0.6 is 0 Å². The summed E-state index contributed by atoms with van der Waals surface area (Å²) in [5.74, 6) is 0. The van der Waals surface area contributed by atoms with Gasteiger partial charge in [0, 0.05) is 31.8 Å². The molecule has 0 amide bonds. The normalized spacial score (nSPS) is 16.4. The standard InChI is InChI=1S/C21H27N3O5S/c1-15-4-6-18(7-5-15)20(14-23-8-10-29-11-9-23)22-30(27,28)21-13-19(24(25)26)12-16(2)17(21)3/h4-7,12-13,20,22H,8-11,14H2,1-3H3/t20-/m0/s1. The highest BCUT2D eigenvalue weighted by atomic mass is 32.2. The maximum Gasteiger partial charge on any atom is 0.271 e. The molecular formula is C21H27N3O5S. The van der Waals surface area contributed by atoms with Gasteiger partial charge >= 0.3 is 0 Å². The Bertz CT molecular complexity index is 1020. The molecule has 2 aromatic rings. The largest absolute Gasteiger partial charge is 0.379 e. The average molecular weight is 434 g/mol. The average Bonchev–Trinajstić information content (AvgIpc) is 2.70. The van der Waals surface area contributed by atoms with Gasteiger partial charge in [-0.1, -0.05) is 29.8 Å². The number of aryl methyl sites for hydroxylation is 2. The van der Waals surface area contributed by atoms with E-state index in [0.717, 1.165) is 30.3 Å². The lowest BCUT2D eigenvalue weighted by molar-refractivity contribution is -0.385. The van der Waals surface area contributed by atoms with E-state index in [1.165, 1.54) is 6.07 Å². The van der Waals surface area contributed by atoms with Crippen molar-refractivity contribution in [3.8, 4) is 0 Å². The minimum absolute atomic E-state index is 0.0618. The first kappa shape index (κ1) is 22.4. The lowest BCUT2D eigenvalue weighted by Crippen LogP contribution is -2.43. The fraction of sp³-hybridized carbons (Fsp3) is 0.429. The first-order chi connectivity index (χ1) is 14.2. The molecule has 2 aromatic carbocycles. The fourth-order valence-corrected chi connectivity index (χ4v) is 5.05. The van der Waals surface area contributed by atoms with Crippen LogP contribution in [0.3, 0.4) is 0 Å². The number of benzene rings is 2. The van der Waals surface area contributed by atoms with Crippen molar-refractivity contribution in [2.75, 3.05) is 32.8 Å². The monoisotopic (exact) mass is 433 g/mol. The van der Waals surface area contributed by atoms with Crippen LogP contribution in [0.4, 0.5) is 5.69 Å². The van der Waals surface area contributed by atoms with Crippen LogP contribution in [0.2, 0.25) is 0 Å². The molecule has 0 aliphatic carbocycles. The number of hydrogen-bond donors (Lipinski definition) is 1. The van der Waals surface area contributed by atoms with E-state index in [1.54, 1.807) is 13.8 Å². The summed E-state index contributed by atoms with van der Waals surface area (Å²) >= 11 is 0. The number of non-ortho nitro benzene ring substituents is 1. The van der Waals surface area contributed by atoms with Crippen molar-refractivity contribution in [1.29, 1.82) is 0 Å². The molecule has 1 aliphatic heterocycles. The second-order valence-corrected chi connectivity index (χ2v) is 9.32. The first-order valence-corrected chi connectivity index (χ1v) is 11.3. The van der Waals surface area contributed by atoms with E-state index >= 15 is 0 Å². The zero-order chi connectivity index (χ0) is 21.9. The Balaban J connectivity index is 1.96. The molecule has 0 unspecified atom stereocenters. The molecule has 0 bridgehead atoms. The Morgan fingerprint density at radius 3 is 2.37 bits per heavy atom. The zero-order valence-electron chi connectivity index (χ0n) is 17.4. The molecule has 0 saturated carbocycles. The van der Waals surface area contributed by atoms with Crippen LogP contribution in [0.25, 0.3) is 0 Å². The maximum absolute atomic E-state index is 13.3. The summed E-state index contributed by atoms with van der Waals surface area (Å²) in [5.41, 5.74) is 2.75. The van der Waals surface area contributed by atoms with Crippen LogP contribution in [0.1, 0.15) is 28.3 Å². The third-order valence-corrected chi connectivity index (χ3v) is 7.02. The first-order valence-electron chi connectivity index (χ1n) is 9.82. The molecule has 3 rings (SSSR count). The van der Waals surface area contributed by atoms with Gasteiger partial charge in [0.2, 0.25) is 10.0 Å². The molecule has 1 fully saturated rings. The SMILES string of the molecule is Cc1ccc([C@H](CN2CCOCC2)NS(=O)(=O)c2cc([N+](=O)[O-])cc(C)c2C)cc1. The van der Waals surface area contributed by atoms with Gasteiger partial charge in [-0.15, -0.1) is 0 Å². The Morgan fingerprint density at radius 1 is 1.13 bits per heavy atom. The smallest absolute Gasteiger partial charge is 0.271 e. The van der Waals surface area contributed by atoms with Gasteiger partial charge in [0.15, 0.2) is 0 Å². The van der Waals surface area contributed by atoms with Crippen molar-refractivity contribution in [3.05, 3.63) is 68.8 Å². The minimum atomic E-state index is -3.99. The van der Waals surface area contributed by atoms with Crippen LogP contribution in [0.5, 0.6) is 0 Å². The molecular weight excluding hydrogens is 406 g/mol. The number of nitro groups is 1. The van der Waals surface area contributed by atoms with Crippen molar-refractivity contribution in [3.63, 3.8) is 0 Å². The molecule has 1 aliphatic rings. The van der Waals surface area contributed by atoms with Crippen LogP contribution in [-0.2, 0) is 14.8 Å². The number of nitrogens with zero attached hydrogens (tertiary/aromatic N) is 2. The summed E-state index contributed by atoms with van der Waals surface area (Å²) in [7, 11) is -3.99.